The molecule has 0 bridgehead atoms. The average molecular weight is 367 g/mol. The fourth-order valence-electron chi connectivity index (χ4n) is 2.53. The van der Waals surface area contributed by atoms with Gasteiger partial charge in [-0.2, -0.15) is 10.5 Å². The number of nitrogens with one attached hydrogen (secondary N) is 1. The van der Waals surface area contributed by atoms with Crippen molar-refractivity contribution in [3.63, 3.8) is 0 Å². The zero-order valence-corrected chi connectivity index (χ0v) is 16.8. The Morgan fingerprint density at radius 3 is 2.15 bits per heavy atom. The van der Waals surface area contributed by atoms with Crippen molar-refractivity contribution in [2.24, 2.45) is 0 Å². The molecule has 0 aliphatic rings. The molecule has 26 heavy (non-hydrogen) atoms. The molecule has 0 saturated heterocycles. The van der Waals surface area contributed by atoms with Crippen molar-refractivity contribution in [3.8, 4) is 12.1 Å². The summed E-state index contributed by atoms with van der Waals surface area (Å²) in [6.45, 7) is 10.3. The number of nitrogens with zero attached hydrogens (tertiary/aromatic N) is 3. The first kappa shape index (κ1) is 24.8. The molecule has 1 N–H and O–H groups in total. The molecule has 0 aliphatic carbocycles. The molecule has 1 atom stereocenters. The zero-order valence-electron chi connectivity index (χ0n) is 16.8. The van der Waals surface area contributed by atoms with Crippen LogP contribution in [0.3, 0.4) is 0 Å². The van der Waals surface area contributed by atoms with Gasteiger partial charge in [-0.1, -0.05) is 13.3 Å². The van der Waals surface area contributed by atoms with Gasteiger partial charge in [0.05, 0.1) is 12.1 Å². The summed E-state index contributed by atoms with van der Waals surface area (Å²) in [5.74, 6) is 0. The predicted octanol–water partition coefficient (Wildman–Crippen LogP) is 3.45. The molecule has 0 heterocycles. The maximum Gasteiger partial charge on any atom is 0.154 e. The van der Waals surface area contributed by atoms with E-state index >= 15 is 0 Å². The molecule has 0 saturated carbocycles. The van der Waals surface area contributed by atoms with Crippen molar-refractivity contribution >= 4 is 0 Å². The molecule has 0 aromatic rings. The summed E-state index contributed by atoms with van der Waals surface area (Å²) < 4.78 is 11.4. The third-order valence-corrected chi connectivity index (χ3v) is 4.10. The lowest BCUT2D eigenvalue weighted by atomic mass is 10.2. The van der Waals surface area contributed by atoms with Gasteiger partial charge in [0.15, 0.2) is 6.29 Å². The summed E-state index contributed by atoms with van der Waals surface area (Å²) in [4.78, 5) is 2.39. The third-order valence-electron chi connectivity index (χ3n) is 4.10. The van der Waals surface area contributed by atoms with Crippen LogP contribution < -0.4 is 5.32 Å². The van der Waals surface area contributed by atoms with Crippen LogP contribution in [0.1, 0.15) is 65.2 Å². The van der Waals surface area contributed by atoms with Crippen LogP contribution >= 0.6 is 0 Å². The van der Waals surface area contributed by atoms with E-state index < -0.39 is 0 Å². The molecule has 0 fully saturated rings. The van der Waals surface area contributed by atoms with E-state index in [1.54, 1.807) is 0 Å². The van der Waals surface area contributed by atoms with Gasteiger partial charge in [-0.3, -0.25) is 0 Å². The Hall–Kier alpha value is -1.18. The second-order valence-electron chi connectivity index (χ2n) is 6.48. The van der Waals surface area contributed by atoms with E-state index in [1.807, 2.05) is 6.92 Å². The lowest BCUT2D eigenvalue weighted by Gasteiger charge is -2.21. The van der Waals surface area contributed by atoms with E-state index in [9.17, 15) is 0 Å². The standard InChI is InChI=1S/C20H38N4O2/c1-3-4-15-24(17-10-12-22)16-6-8-19-26-20(2)25-18-7-5-13-23-14-9-11-21/h20,23H,3-10,13-19H2,1-2H3. The van der Waals surface area contributed by atoms with Gasteiger partial charge in [0.2, 0.25) is 0 Å². The normalized spacial score (nSPS) is 12.0. The Morgan fingerprint density at radius 2 is 1.50 bits per heavy atom. The number of ether oxygens (including phenoxy) is 2. The molecular weight excluding hydrogens is 328 g/mol. The Morgan fingerprint density at radius 1 is 0.846 bits per heavy atom. The summed E-state index contributed by atoms with van der Waals surface area (Å²) >= 11 is 0. The van der Waals surface area contributed by atoms with Crippen LogP contribution in [0, 0.1) is 22.7 Å². The molecule has 0 rings (SSSR count). The highest BCUT2D eigenvalue weighted by Gasteiger charge is 2.05. The Bertz CT molecular complexity index is 379. The minimum absolute atomic E-state index is 0.156. The van der Waals surface area contributed by atoms with Crippen LogP contribution in [0.5, 0.6) is 0 Å². The summed E-state index contributed by atoms with van der Waals surface area (Å²) in [6.07, 6.45) is 7.57. The van der Waals surface area contributed by atoms with Crippen molar-refractivity contribution in [1.29, 1.82) is 10.5 Å². The van der Waals surface area contributed by atoms with Gasteiger partial charge in [-0.25, -0.2) is 0 Å². The van der Waals surface area contributed by atoms with Gasteiger partial charge >= 0.3 is 0 Å². The second kappa shape index (κ2) is 20.1. The molecule has 1 unspecified atom stereocenters. The van der Waals surface area contributed by atoms with Gasteiger partial charge in [-0.05, 0) is 58.7 Å². The molecule has 0 radical (unpaired) electrons. The van der Waals surface area contributed by atoms with Gasteiger partial charge in [-0.15, -0.1) is 0 Å². The topological polar surface area (TPSA) is 81.3 Å². The fourth-order valence-corrected chi connectivity index (χ4v) is 2.53. The van der Waals surface area contributed by atoms with Crippen molar-refractivity contribution in [2.75, 3.05) is 45.9 Å². The van der Waals surface area contributed by atoms with Crippen LogP contribution in [-0.2, 0) is 9.47 Å². The summed E-state index contributed by atoms with van der Waals surface area (Å²) in [5, 5.41) is 20.4. The highest BCUT2D eigenvalue weighted by molar-refractivity contribution is 4.72. The van der Waals surface area contributed by atoms with Crippen LogP contribution in [-0.4, -0.2) is 57.1 Å². The maximum atomic E-state index is 8.74. The predicted molar refractivity (Wildman–Crippen MR) is 105 cm³/mol. The maximum absolute atomic E-state index is 8.74. The Labute approximate surface area is 160 Å². The first-order chi connectivity index (χ1) is 12.7. The lowest BCUT2D eigenvalue weighted by Crippen LogP contribution is -2.27. The second-order valence-corrected chi connectivity index (χ2v) is 6.48. The fraction of sp³-hybridized carbons (Fsp3) is 0.900. The molecule has 6 heteroatoms. The zero-order chi connectivity index (χ0) is 19.3. The largest absolute Gasteiger partial charge is 0.353 e. The molecule has 6 nitrogen and oxygen atoms in total. The minimum Gasteiger partial charge on any atom is -0.353 e. The number of unbranched alkanes of at least 4 members (excludes halogenated alkanes) is 3. The number of hydrogen-bond donors (Lipinski definition) is 1. The molecule has 150 valence electrons. The van der Waals surface area contributed by atoms with Crippen molar-refractivity contribution in [2.45, 2.75) is 71.5 Å². The van der Waals surface area contributed by atoms with E-state index in [0.29, 0.717) is 19.4 Å². The van der Waals surface area contributed by atoms with E-state index in [0.717, 1.165) is 65.0 Å². The highest BCUT2D eigenvalue weighted by atomic mass is 16.7. The first-order valence-electron chi connectivity index (χ1n) is 10.1. The van der Waals surface area contributed by atoms with Crippen molar-refractivity contribution < 1.29 is 9.47 Å². The molecule has 0 aromatic carbocycles. The quantitative estimate of drug-likeness (QED) is 0.278. The van der Waals surface area contributed by atoms with Crippen LogP contribution in [0.25, 0.3) is 0 Å². The van der Waals surface area contributed by atoms with Gasteiger partial charge < -0.3 is 19.7 Å². The Balaban J connectivity index is 3.49. The van der Waals surface area contributed by atoms with Gasteiger partial charge in [0, 0.05) is 39.1 Å². The van der Waals surface area contributed by atoms with E-state index in [-0.39, 0.29) is 6.29 Å². The third kappa shape index (κ3) is 17.6. The Kier molecular flexibility index (Phi) is 19.2. The average Bonchev–Trinajstić information content (AvgIpc) is 2.65. The van der Waals surface area contributed by atoms with Gasteiger partial charge in [0.1, 0.15) is 0 Å². The molecule has 0 aromatic heterocycles. The van der Waals surface area contributed by atoms with E-state index in [2.05, 4.69) is 29.3 Å². The van der Waals surface area contributed by atoms with E-state index in [1.165, 1.54) is 12.8 Å². The highest BCUT2D eigenvalue weighted by Crippen LogP contribution is 2.03. The van der Waals surface area contributed by atoms with Crippen LogP contribution in [0.15, 0.2) is 0 Å². The van der Waals surface area contributed by atoms with Gasteiger partial charge in [0.25, 0.3) is 0 Å². The smallest absolute Gasteiger partial charge is 0.154 e. The summed E-state index contributed by atoms with van der Waals surface area (Å²) in [6, 6.07) is 4.35. The van der Waals surface area contributed by atoms with Crippen molar-refractivity contribution in [3.05, 3.63) is 0 Å². The van der Waals surface area contributed by atoms with Crippen LogP contribution in [0.4, 0.5) is 0 Å². The molecular formula is C20H38N4O2. The lowest BCUT2D eigenvalue weighted by molar-refractivity contribution is -0.131. The molecule has 0 aliphatic heterocycles. The molecule has 0 spiro atoms. The van der Waals surface area contributed by atoms with Crippen LogP contribution in [0.2, 0.25) is 0 Å². The summed E-state index contributed by atoms with van der Waals surface area (Å²) in [5.41, 5.74) is 0. The first-order valence-corrected chi connectivity index (χ1v) is 10.1. The monoisotopic (exact) mass is 366 g/mol. The minimum atomic E-state index is -0.156. The van der Waals surface area contributed by atoms with E-state index in [4.69, 9.17) is 20.0 Å². The molecule has 0 amide bonds. The number of rotatable bonds is 19. The number of nitriles is 2. The number of hydrogen-bond acceptors (Lipinski definition) is 6. The SMILES string of the molecule is CCCCN(CCC#N)CCCCOC(C)OCCCCNCCC#N. The van der Waals surface area contributed by atoms with Crippen molar-refractivity contribution in [1.82, 2.24) is 10.2 Å². The summed E-state index contributed by atoms with van der Waals surface area (Å²) in [7, 11) is 0.